The van der Waals surface area contributed by atoms with Gasteiger partial charge in [-0.25, -0.2) is 9.07 Å². The van der Waals surface area contributed by atoms with E-state index in [0.29, 0.717) is 32.5 Å². The zero-order valence-electron chi connectivity index (χ0n) is 14.4. The molecule has 1 aliphatic heterocycles. The monoisotopic (exact) mass is 389 g/mol. The molecule has 0 N–H and O–H groups in total. The summed E-state index contributed by atoms with van der Waals surface area (Å²) in [5.74, 6) is -0.388. The second kappa shape index (κ2) is 7.43. The number of rotatable bonds is 6. The van der Waals surface area contributed by atoms with Crippen LogP contribution in [0.2, 0.25) is 5.02 Å². The zero-order valence-corrected chi connectivity index (χ0v) is 15.1. The van der Waals surface area contributed by atoms with Crippen LogP contribution in [-0.4, -0.2) is 53.9 Å². The van der Waals surface area contributed by atoms with Crippen LogP contribution < -0.4 is 0 Å². The second-order valence-corrected chi connectivity index (χ2v) is 6.86. The van der Waals surface area contributed by atoms with Crippen molar-refractivity contribution in [2.75, 3.05) is 13.1 Å². The van der Waals surface area contributed by atoms with Crippen LogP contribution in [0.25, 0.3) is 0 Å². The Morgan fingerprint density at radius 3 is 2.78 bits per heavy atom. The molecule has 0 saturated carbocycles. The molecule has 1 fully saturated rings. The maximum absolute atomic E-state index is 13.2. The van der Waals surface area contributed by atoms with Gasteiger partial charge in [-0.1, -0.05) is 22.9 Å². The third-order valence-corrected chi connectivity index (χ3v) is 4.82. The van der Waals surface area contributed by atoms with Crippen molar-refractivity contribution in [3.63, 3.8) is 0 Å². The van der Waals surface area contributed by atoms with Crippen LogP contribution in [0.4, 0.5) is 4.39 Å². The molecule has 1 aliphatic rings. The Morgan fingerprint density at radius 2 is 2.04 bits per heavy atom. The van der Waals surface area contributed by atoms with E-state index < -0.39 is 5.82 Å². The maximum Gasteiger partial charge on any atom is 0.223 e. The summed E-state index contributed by atoms with van der Waals surface area (Å²) in [6.45, 7) is 1.67. The van der Waals surface area contributed by atoms with Gasteiger partial charge in [0.1, 0.15) is 18.1 Å². The van der Waals surface area contributed by atoms with Crippen LogP contribution in [0.15, 0.2) is 36.8 Å². The molecule has 0 spiro atoms. The topological polar surface area (TPSA) is 81.7 Å². The van der Waals surface area contributed by atoms with Crippen LogP contribution in [0, 0.1) is 5.82 Å². The van der Waals surface area contributed by atoms with Gasteiger partial charge in [0.25, 0.3) is 0 Å². The number of likely N-dealkylation sites (tertiary alicyclic amines) is 1. The summed E-state index contributed by atoms with van der Waals surface area (Å²) >= 11 is 5.77. The van der Waals surface area contributed by atoms with E-state index in [1.54, 1.807) is 34.1 Å². The highest BCUT2D eigenvalue weighted by atomic mass is 35.5. The van der Waals surface area contributed by atoms with Crippen LogP contribution in [0.3, 0.4) is 0 Å². The van der Waals surface area contributed by atoms with E-state index in [2.05, 4.69) is 20.5 Å². The standard InChI is InChI=1S/C17H17ClFN7O/c18-15-7-12(1-3-16(15)19)2-4-17(27)24-10-14(11-24)25-8-13(22-23-25)9-26-20-5-6-21-26/h1,3,5-8,14H,2,4,9-11H2. The third-order valence-electron chi connectivity index (χ3n) is 4.53. The van der Waals surface area contributed by atoms with Crippen LogP contribution >= 0.6 is 11.6 Å². The Labute approximate surface area is 159 Å². The molecule has 1 saturated heterocycles. The van der Waals surface area contributed by atoms with E-state index in [1.165, 1.54) is 10.9 Å². The van der Waals surface area contributed by atoms with E-state index in [4.69, 9.17) is 11.6 Å². The smallest absolute Gasteiger partial charge is 0.223 e. The fourth-order valence-corrected chi connectivity index (χ4v) is 3.17. The molecule has 3 heterocycles. The second-order valence-electron chi connectivity index (χ2n) is 6.45. The van der Waals surface area contributed by atoms with Crippen molar-refractivity contribution in [3.8, 4) is 0 Å². The number of aromatic nitrogens is 6. The Morgan fingerprint density at radius 1 is 1.26 bits per heavy atom. The molecule has 0 aliphatic carbocycles. The number of aryl methyl sites for hydroxylation is 1. The predicted octanol–water partition coefficient (Wildman–Crippen LogP) is 1.73. The number of benzene rings is 1. The highest BCUT2D eigenvalue weighted by molar-refractivity contribution is 6.30. The first kappa shape index (κ1) is 17.6. The van der Waals surface area contributed by atoms with Crippen molar-refractivity contribution in [1.82, 2.24) is 34.9 Å². The van der Waals surface area contributed by atoms with Crippen LogP contribution in [0.1, 0.15) is 23.7 Å². The van der Waals surface area contributed by atoms with Gasteiger partial charge in [-0.3, -0.25) is 4.79 Å². The lowest BCUT2D eigenvalue weighted by atomic mass is 10.1. The molecule has 10 heteroatoms. The summed E-state index contributed by atoms with van der Waals surface area (Å²) in [7, 11) is 0. The minimum absolute atomic E-state index is 0.0628. The lowest BCUT2D eigenvalue weighted by Crippen LogP contribution is -2.51. The largest absolute Gasteiger partial charge is 0.338 e. The molecule has 3 aromatic rings. The van der Waals surface area contributed by atoms with Crippen molar-refractivity contribution in [1.29, 1.82) is 0 Å². The molecule has 4 rings (SSSR count). The number of hydrogen-bond donors (Lipinski definition) is 0. The zero-order chi connectivity index (χ0) is 18.8. The molecular weight excluding hydrogens is 373 g/mol. The quantitative estimate of drug-likeness (QED) is 0.641. The van der Waals surface area contributed by atoms with Gasteiger partial charge in [-0.05, 0) is 24.1 Å². The van der Waals surface area contributed by atoms with Crippen LogP contribution in [0.5, 0.6) is 0 Å². The highest BCUT2D eigenvalue weighted by Crippen LogP contribution is 2.22. The van der Waals surface area contributed by atoms with E-state index in [9.17, 15) is 9.18 Å². The summed E-state index contributed by atoms with van der Waals surface area (Å²) in [4.78, 5) is 15.6. The van der Waals surface area contributed by atoms with Crippen molar-refractivity contribution in [2.45, 2.75) is 25.4 Å². The number of halogens is 2. The van der Waals surface area contributed by atoms with Crippen LogP contribution in [-0.2, 0) is 17.8 Å². The number of carbonyl (C=O) groups is 1. The Bertz CT molecular complexity index is 937. The highest BCUT2D eigenvalue weighted by Gasteiger charge is 2.32. The molecule has 0 bridgehead atoms. The maximum atomic E-state index is 13.2. The minimum Gasteiger partial charge on any atom is -0.338 e. The van der Waals surface area contributed by atoms with Gasteiger partial charge in [0, 0.05) is 19.5 Å². The molecule has 140 valence electrons. The minimum atomic E-state index is -0.451. The van der Waals surface area contributed by atoms with Crippen molar-refractivity contribution in [2.24, 2.45) is 0 Å². The van der Waals surface area contributed by atoms with Gasteiger partial charge in [-0.2, -0.15) is 15.0 Å². The number of carbonyl (C=O) groups excluding carboxylic acids is 1. The van der Waals surface area contributed by atoms with Gasteiger partial charge in [0.05, 0.1) is 29.7 Å². The summed E-state index contributed by atoms with van der Waals surface area (Å²) in [6, 6.07) is 4.66. The summed E-state index contributed by atoms with van der Waals surface area (Å²) < 4.78 is 15.0. The Hall–Kier alpha value is -2.81. The molecule has 1 aromatic carbocycles. The van der Waals surface area contributed by atoms with E-state index in [1.807, 2.05) is 6.20 Å². The van der Waals surface area contributed by atoms with Gasteiger partial charge in [-0.15, -0.1) is 5.10 Å². The fourth-order valence-electron chi connectivity index (χ4n) is 2.96. The molecule has 8 nitrogen and oxygen atoms in total. The lowest BCUT2D eigenvalue weighted by molar-refractivity contribution is -0.137. The van der Waals surface area contributed by atoms with Crippen molar-refractivity contribution in [3.05, 3.63) is 58.9 Å². The summed E-state index contributed by atoms with van der Waals surface area (Å²) in [5, 5.41) is 16.4. The Kier molecular flexibility index (Phi) is 4.85. The fraction of sp³-hybridized carbons (Fsp3) is 0.353. The van der Waals surface area contributed by atoms with E-state index in [0.717, 1.165) is 11.3 Å². The Balaban J connectivity index is 1.26. The molecule has 0 unspecified atom stereocenters. The van der Waals surface area contributed by atoms with Gasteiger partial charge < -0.3 is 4.90 Å². The van der Waals surface area contributed by atoms with E-state index >= 15 is 0 Å². The number of nitrogens with zero attached hydrogens (tertiary/aromatic N) is 7. The first-order chi connectivity index (χ1) is 13.1. The van der Waals surface area contributed by atoms with Crippen molar-refractivity contribution < 1.29 is 9.18 Å². The molecule has 1 amide bonds. The summed E-state index contributed by atoms with van der Waals surface area (Å²) in [5.41, 5.74) is 1.61. The predicted molar refractivity (Wildman–Crippen MR) is 94.5 cm³/mol. The van der Waals surface area contributed by atoms with Gasteiger partial charge >= 0.3 is 0 Å². The molecule has 0 radical (unpaired) electrons. The first-order valence-corrected chi connectivity index (χ1v) is 8.93. The van der Waals surface area contributed by atoms with Crippen molar-refractivity contribution >= 4 is 17.5 Å². The normalized spacial score (nSPS) is 14.4. The number of hydrogen-bond acceptors (Lipinski definition) is 5. The molecular formula is C17H17ClFN7O. The SMILES string of the molecule is O=C(CCc1ccc(F)c(Cl)c1)N1CC(n2cc(Cn3nccn3)nn2)C1. The van der Waals surface area contributed by atoms with E-state index in [-0.39, 0.29) is 17.0 Å². The average Bonchev–Trinajstić information content (AvgIpc) is 3.27. The average molecular weight is 390 g/mol. The summed E-state index contributed by atoms with van der Waals surface area (Å²) in [6.07, 6.45) is 5.97. The van der Waals surface area contributed by atoms with Gasteiger partial charge in [0.2, 0.25) is 5.91 Å². The third kappa shape index (κ3) is 3.97. The lowest BCUT2D eigenvalue weighted by Gasteiger charge is -2.39. The molecule has 2 aromatic heterocycles. The molecule has 0 atom stereocenters. The number of amides is 1. The van der Waals surface area contributed by atoms with Gasteiger partial charge in [0.15, 0.2) is 0 Å². The first-order valence-electron chi connectivity index (χ1n) is 8.55. The molecule has 27 heavy (non-hydrogen) atoms.